The van der Waals surface area contributed by atoms with Crippen LogP contribution in [0.15, 0.2) is 0 Å². The van der Waals surface area contributed by atoms with Crippen molar-refractivity contribution in [2.24, 2.45) is 5.41 Å². The third-order valence-corrected chi connectivity index (χ3v) is 1.06. The van der Waals surface area contributed by atoms with Gasteiger partial charge in [-0.3, -0.25) is 0 Å². The molecule has 0 aliphatic rings. The van der Waals surface area contributed by atoms with Gasteiger partial charge in [0.2, 0.25) is 0 Å². The zero-order valence-corrected chi connectivity index (χ0v) is 10.3. The molecule has 2 heteroatoms. The molecule has 0 saturated carbocycles. The number of hydrogen-bond donors (Lipinski definition) is 0. The Morgan fingerprint density at radius 2 is 1.25 bits per heavy atom. The Labute approximate surface area is 76.1 Å². The molecule has 0 aromatic carbocycles. The third-order valence-electron chi connectivity index (χ3n) is 1.06. The Bertz CT molecular complexity index is 36.3. The van der Waals surface area contributed by atoms with Gasteiger partial charge in [-0.1, -0.05) is 34.1 Å². The van der Waals surface area contributed by atoms with Gasteiger partial charge in [0.05, 0.1) is 0 Å². The average molecular weight is 340 g/mol. The summed E-state index contributed by atoms with van der Waals surface area (Å²) in [5.74, 6) is 0. The van der Waals surface area contributed by atoms with Gasteiger partial charge in [-0.05, 0) is 5.41 Å². The molecule has 0 heterocycles. The molecular formula is C6H14I2. The number of halogens is 2. The van der Waals surface area contributed by atoms with Gasteiger partial charge < -0.3 is 0 Å². The molecule has 0 aromatic rings. The molecule has 0 atom stereocenters. The summed E-state index contributed by atoms with van der Waals surface area (Å²) in [7, 11) is 0. The lowest BCUT2D eigenvalue weighted by molar-refractivity contribution is 0.398. The predicted octanol–water partition coefficient (Wildman–Crippen LogP) is 4.21. The van der Waals surface area contributed by atoms with Crippen molar-refractivity contribution in [1.82, 2.24) is 0 Å². The van der Waals surface area contributed by atoms with Crippen LogP contribution in [0.3, 0.4) is 0 Å². The van der Waals surface area contributed by atoms with Crippen molar-refractivity contribution in [2.75, 3.05) is 0 Å². The smallest absolute Gasteiger partial charge is 0 e. The van der Waals surface area contributed by atoms with E-state index in [9.17, 15) is 0 Å². The molecule has 0 aliphatic heterocycles. The Morgan fingerprint density at radius 1 is 1.12 bits per heavy atom. The van der Waals surface area contributed by atoms with Crippen molar-refractivity contribution >= 4 is 37.2 Å². The van der Waals surface area contributed by atoms with Crippen LogP contribution < -0.4 is 0 Å². The van der Waals surface area contributed by atoms with Crippen molar-refractivity contribution < 1.29 is 0 Å². The van der Waals surface area contributed by atoms with Crippen LogP contribution in [0.4, 0.5) is 0 Å². The van der Waals surface area contributed by atoms with Crippen LogP contribution in [0.5, 0.6) is 0 Å². The minimum absolute atomic E-state index is 0.542. The molecule has 0 spiro atoms. The molecule has 0 amide bonds. The minimum atomic E-state index is 0.542. The quantitative estimate of drug-likeness (QED) is 0.580. The first-order valence-corrected chi connectivity index (χ1v) is 8.99. The van der Waals surface area contributed by atoms with E-state index in [1.54, 1.807) is 0 Å². The van der Waals surface area contributed by atoms with E-state index >= 15 is 0 Å². The Balaban J connectivity index is 0. The van der Waals surface area contributed by atoms with E-state index in [0.29, 0.717) is 5.41 Å². The topological polar surface area (TPSA) is 0 Å². The normalized spacial score (nSPS) is 9.75. The van der Waals surface area contributed by atoms with Crippen LogP contribution in [-0.2, 0) is 0 Å². The minimum Gasteiger partial charge on any atom is -0.0649 e. The predicted molar refractivity (Wildman–Crippen MR) is 57.8 cm³/mol. The molecule has 0 nitrogen and oxygen atoms in total. The highest BCUT2D eigenvalue weighted by Crippen LogP contribution is 2.16. The van der Waals surface area contributed by atoms with Crippen molar-refractivity contribution in [1.29, 1.82) is 0 Å². The van der Waals surface area contributed by atoms with Crippen LogP contribution in [0.25, 0.3) is 0 Å². The first-order chi connectivity index (χ1) is 3.56. The summed E-state index contributed by atoms with van der Waals surface area (Å²) in [6, 6.07) is 0. The van der Waals surface area contributed by atoms with Gasteiger partial charge in [-0.2, -0.15) is 0 Å². The molecule has 0 aliphatic carbocycles. The summed E-state index contributed by atoms with van der Waals surface area (Å²) in [6.07, 6.45) is 1.27. The highest BCUT2D eigenvalue weighted by molar-refractivity contribution is 15.0. The maximum atomic E-state index is 2.24. The van der Waals surface area contributed by atoms with Crippen LogP contribution >= 0.6 is 37.2 Å². The van der Waals surface area contributed by atoms with Gasteiger partial charge in [0.25, 0.3) is 0 Å². The molecule has 52 valence electrons. The second kappa shape index (κ2) is 6.58. The molecule has 0 fully saturated rings. The molecule has 0 radical (unpaired) electrons. The average Bonchev–Trinajstić information content (AvgIpc) is 1.71. The standard InChI is InChI=1S/C6H14.I2/c1-5-6(2,3)4;1-2/h5H2,1-4H3;. The lowest BCUT2D eigenvalue weighted by Gasteiger charge is -2.12. The summed E-state index contributed by atoms with van der Waals surface area (Å²) in [6.45, 7) is 8.94. The molecule has 8 heavy (non-hydrogen) atoms. The summed E-state index contributed by atoms with van der Waals surface area (Å²) in [4.78, 5) is 0. The monoisotopic (exact) mass is 340 g/mol. The van der Waals surface area contributed by atoms with E-state index in [-0.39, 0.29) is 0 Å². The number of rotatable bonds is 0. The van der Waals surface area contributed by atoms with Crippen molar-refractivity contribution in [3.8, 4) is 0 Å². The zero-order valence-electron chi connectivity index (χ0n) is 5.96. The second-order valence-electron chi connectivity index (χ2n) is 2.91. The van der Waals surface area contributed by atoms with E-state index in [0.717, 1.165) is 0 Å². The van der Waals surface area contributed by atoms with Gasteiger partial charge in [-0.25, -0.2) is 0 Å². The second-order valence-corrected chi connectivity index (χ2v) is 2.91. The Morgan fingerprint density at radius 3 is 1.25 bits per heavy atom. The SMILES string of the molecule is CCC(C)(C)C.II. The Hall–Kier alpha value is 1.46. The first kappa shape index (κ1) is 12.2. The zero-order chi connectivity index (χ0) is 7.21. The van der Waals surface area contributed by atoms with E-state index in [1.165, 1.54) is 6.42 Å². The molecule has 0 saturated heterocycles. The van der Waals surface area contributed by atoms with Crippen LogP contribution in [0.2, 0.25) is 0 Å². The molecule has 0 bridgehead atoms. The molecular weight excluding hydrogens is 326 g/mol. The first-order valence-electron chi connectivity index (χ1n) is 2.70. The van der Waals surface area contributed by atoms with Gasteiger partial charge in [0, 0.05) is 37.2 Å². The van der Waals surface area contributed by atoms with E-state index < -0.39 is 0 Å². The largest absolute Gasteiger partial charge is 0.0649 e. The molecule has 0 aromatic heterocycles. The highest BCUT2D eigenvalue weighted by atomic mass is 128. The molecule has 0 unspecified atom stereocenters. The highest BCUT2D eigenvalue weighted by Gasteiger charge is 2.03. The summed E-state index contributed by atoms with van der Waals surface area (Å²) in [5.41, 5.74) is 0.542. The van der Waals surface area contributed by atoms with Crippen molar-refractivity contribution in [2.45, 2.75) is 34.1 Å². The Kier molecular flexibility index (Phi) is 10.0. The fourth-order valence-corrected chi connectivity index (χ4v) is 0. The summed E-state index contributed by atoms with van der Waals surface area (Å²) in [5, 5.41) is 0. The van der Waals surface area contributed by atoms with Gasteiger partial charge >= 0.3 is 0 Å². The van der Waals surface area contributed by atoms with E-state index in [2.05, 4.69) is 64.9 Å². The van der Waals surface area contributed by atoms with E-state index in [4.69, 9.17) is 0 Å². The van der Waals surface area contributed by atoms with Gasteiger partial charge in [0.1, 0.15) is 0 Å². The van der Waals surface area contributed by atoms with E-state index in [1.807, 2.05) is 0 Å². The maximum Gasteiger partial charge on any atom is 0 e. The lowest BCUT2D eigenvalue weighted by Crippen LogP contribution is -2.00. The van der Waals surface area contributed by atoms with Crippen molar-refractivity contribution in [3.05, 3.63) is 0 Å². The van der Waals surface area contributed by atoms with Crippen molar-refractivity contribution in [3.63, 3.8) is 0 Å². The van der Waals surface area contributed by atoms with Gasteiger partial charge in [0.15, 0.2) is 0 Å². The lowest BCUT2D eigenvalue weighted by atomic mass is 9.94. The fraction of sp³-hybridized carbons (Fsp3) is 1.00. The summed E-state index contributed by atoms with van der Waals surface area (Å²) >= 11 is 4.24. The summed E-state index contributed by atoms with van der Waals surface area (Å²) < 4.78 is 0. The van der Waals surface area contributed by atoms with Crippen LogP contribution in [0.1, 0.15) is 34.1 Å². The maximum absolute atomic E-state index is 2.24. The van der Waals surface area contributed by atoms with Gasteiger partial charge in [-0.15, -0.1) is 0 Å². The number of hydrogen-bond acceptors (Lipinski definition) is 0. The van der Waals surface area contributed by atoms with Crippen LogP contribution in [0, 0.1) is 5.41 Å². The molecule has 0 rings (SSSR count). The third kappa shape index (κ3) is 15.7. The fourth-order valence-electron chi connectivity index (χ4n) is 0. The van der Waals surface area contributed by atoms with Crippen LogP contribution in [-0.4, -0.2) is 0 Å². The molecule has 0 N–H and O–H groups in total.